The standard InChI is InChI=1S/C10H19NO3S/c1-7-2-3-8(4-7)11-9-5-15(13,14)6-10(9)12/h7-12H,2-6H2,1H3. The minimum absolute atomic E-state index is 0.0764. The molecule has 0 spiro atoms. The number of sulfone groups is 1. The summed E-state index contributed by atoms with van der Waals surface area (Å²) in [4.78, 5) is 0. The lowest BCUT2D eigenvalue weighted by Crippen LogP contribution is -2.44. The second-order valence-corrected chi connectivity index (χ2v) is 7.19. The fourth-order valence-electron chi connectivity index (χ4n) is 2.65. The van der Waals surface area contributed by atoms with Crippen LogP contribution in [0.15, 0.2) is 0 Å². The molecule has 2 aliphatic rings. The smallest absolute Gasteiger partial charge is 0.154 e. The highest BCUT2D eigenvalue weighted by molar-refractivity contribution is 7.91. The summed E-state index contributed by atoms with van der Waals surface area (Å²) >= 11 is 0. The fraction of sp³-hybridized carbons (Fsp3) is 1.00. The molecule has 0 radical (unpaired) electrons. The summed E-state index contributed by atoms with van der Waals surface area (Å²) in [6.45, 7) is 2.21. The molecule has 1 saturated heterocycles. The van der Waals surface area contributed by atoms with Crippen molar-refractivity contribution in [1.82, 2.24) is 5.32 Å². The maximum Gasteiger partial charge on any atom is 0.154 e. The Kier molecular flexibility index (Phi) is 3.05. The first-order chi connectivity index (χ1) is 6.96. The molecule has 4 nitrogen and oxygen atoms in total. The van der Waals surface area contributed by atoms with Gasteiger partial charge in [0.05, 0.1) is 17.6 Å². The number of aliphatic hydroxyl groups excluding tert-OH is 1. The van der Waals surface area contributed by atoms with Crippen molar-refractivity contribution in [3.63, 3.8) is 0 Å². The van der Waals surface area contributed by atoms with Crippen LogP contribution in [-0.2, 0) is 9.84 Å². The molecule has 0 aromatic rings. The Morgan fingerprint density at radius 1 is 1.27 bits per heavy atom. The van der Waals surface area contributed by atoms with Gasteiger partial charge in [0.25, 0.3) is 0 Å². The van der Waals surface area contributed by atoms with Gasteiger partial charge in [-0.2, -0.15) is 0 Å². The highest BCUT2D eigenvalue weighted by Gasteiger charge is 2.38. The number of nitrogens with one attached hydrogen (secondary N) is 1. The van der Waals surface area contributed by atoms with Crippen molar-refractivity contribution < 1.29 is 13.5 Å². The molecule has 4 unspecified atom stereocenters. The first kappa shape index (κ1) is 11.4. The zero-order valence-electron chi connectivity index (χ0n) is 9.02. The lowest BCUT2D eigenvalue weighted by atomic mass is 10.1. The van der Waals surface area contributed by atoms with Crippen LogP contribution in [0.3, 0.4) is 0 Å². The summed E-state index contributed by atoms with van der Waals surface area (Å²) < 4.78 is 22.6. The minimum atomic E-state index is -3.01. The third kappa shape index (κ3) is 2.71. The van der Waals surface area contributed by atoms with Gasteiger partial charge in [-0.05, 0) is 25.2 Å². The van der Waals surface area contributed by atoms with E-state index in [1.165, 1.54) is 6.42 Å². The quantitative estimate of drug-likeness (QED) is 0.700. The number of aliphatic hydroxyl groups is 1. The average molecular weight is 233 g/mol. The zero-order chi connectivity index (χ0) is 11.1. The van der Waals surface area contributed by atoms with Crippen molar-refractivity contribution >= 4 is 9.84 Å². The zero-order valence-corrected chi connectivity index (χ0v) is 9.83. The van der Waals surface area contributed by atoms with Gasteiger partial charge in [0, 0.05) is 12.1 Å². The van der Waals surface area contributed by atoms with Gasteiger partial charge in [0.1, 0.15) is 0 Å². The van der Waals surface area contributed by atoms with E-state index in [-0.39, 0.29) is 17.5 Å². The highest BCUT2D eigenvalue weighted by Crippen LogP contribution is 2.26. The summed E-state index contributed by atoms with van der Waals surface area (Å²) in [6, 6.07) is 0.151. The van der Waals surface area contributed by atoms with E-state index in [1.807, 2.05) is 0 Å². The van der Waals surface area contributed by atoms with Crippen molar-refractivity contribution in [1.29, 1.82) is 0 Å². The Balaban J connectivity index is 1.90. The van der Waals surface area contributed by atoms with Crippen molar-refractivity contribution in [3.05, 3.63) is 0 Å². The van der Waals surface area contributed by atoms with Gasteiger partial charge < -0.3 is 10.4 Å². The normalized spacial score (nSPS) is 44.7. The predicted molar refractivity (Wildman–Crippen MR) is 58.4 cm³/mol. The summed E-state index contributed by atoms with van der Waals surface area (Å²) in [5.74, 6) is 0.740. The molecule has 1 saturated carbocycles. The summed E-state index contributed by atoms with van der Waals surface area (Å²) in [5, 5.41) is 12.9. The molecule has 0 aromatic carbocycles. The Bertz CT molecular complexity index is 328. The number of hydrogen-bond acceptors (Lipinski definition) is 4. The molecule has 4 atom stereocenters. The maximum absolute atomic E-state index is 11.3. The first-order valence-electron chi connectivity index (χ1n) is 5.61. The van der Waals surface area contributed by atoms with Crippen molar-refractivity contribution in [2.45, 2.75) is 44.4 Å². The number of hydrogen-bond donors (Lipinski definition) is 2. The van der Waals surface area contributed by atoms with Crippen molar-refractivity contribution in [3.8, 4) is 0 Å². The molecule has 5 heteroatoms. The van der Waals surface area contributed by atoms with Gasteiger partial charge in [-0.25, -0.2) is 8.42 Å². The van der Waals surface area contributed by atoms with Crippen molar-refractivity contribution in [2.75, 3.05) is 11.5 Å². The van der Waals surface area contributed by atoms with E-state index in [0.717, 1.165) is 18.8 Å². The molecule has 2 N–H and O–H groups in total. The van der Waals surface area contributed by atoms with E-state index in [4.69, 9.17) is 0 Å². The molecular formula is C10H19NO3S. The first-order valence-corrected chi connectivity index (χ1v) is 7.43. The topological polar surface area (TPSA) is 66.4 Å². The molecule has 1 heterocycles. The van der Waals surface area contributed by atoms with Crippen LogP contribution >= 0.6 is 0 Å². The minimum Gasteiger partial charge on any atom is -0.390 e. The van der Waals surface area contributed by atoms with E-state index in [9.17, 15) is 13.5 Å². The lowest BCUT2D eigenvalue weighted by molar-refractivity contribution is 0.159. The number of rotatable bonds is 2. The van der Waals surface area contributed by atoms with Gasteiger partial charge in [0.2, 0.25) is 0 Å². The summed E-state index contributed by atoms with van der Waals surface area (Å²) in [5.41, 5.74) is 0. The van der Waals surface area contributed by atoms with Crippen LogP contribution in [-0.4, -0.2) is 43.2 Å². The molecule has 0 amide bonds. The van der Waals surface area contributed by atoms with Crippen LogP contribution in [0.2, 0.25) is 0 Å². The highest BCUT2D eigenvalue weighted by atomic mass is 32.2. The van der Waals surface area contributed by atoms with E-state index in [0.29, 0.717) is 6.04 Å². The third-order valence-corrected chi connectivity index (χ3v) is 5.18. The van der Waals surface area contributed by atoms with Crippen LogP contribution in [0.5, 0.6) is 0 Å². The molecule has 15 heavy (non-hydrogen) atoms. The Labute approximate surface area is 91.0 Å². The predicted octanol–water partition coefficient (Wildman–Crippen LogP) is -0.0775. The van der Waals surface area contributed by atoms with Crippen LogP contribution in [0.25, 0.3) is 0 Å². The summed E-state index contributed by atoms with van der Waals surface area (Å²) in [7, 11) is -3.01. The fourth-order valence-corrected chi connectivity index (χ4v) is 4.40. The maximum atomic E-state index is 11.3. The van der Waals surface area contributed by atoms with Crippen molar-refractivity contribution in [2.24, 2.45) is 5.92 Å². The van der Waals surface area contributed by atoms with Gasteiger partial charge in [0.15, 0.2) is 9.84 Å². The van der Waals surface area contributed by atoms with E-state index in [2.05, 4.69) is 12.2 Å². The third-order valence-electron chi connectivity index (χ3n) is 3.47. The van der Waals surface area contributed by atoms with Gasteiger partial charge >= 0.3 is 0 Å². The molecule has 88 valence electrons. The molecule has 2 fully saturated rings. The molecule has 2 rings (SSSR count). The van der Waals surface area contributed by atoms with E-state index < -0.39 is 15.9 Å². The largest absolute Gasteiger partial charge is 0.390 e. The second kappa shape index (κ2) is 4.03. The van der Waals surface area contributed by atoms with Crippen LogP contribution in [0, 0.1) is 5.92 Å². The van der Waals surface area contributed by atoms with Gasteiger partial charge in [-0.3, -0.25) is 0 Å². The monoisotopic (exact) mass is 233 g/mol. The molecule has 0 bridgehead atoms. The van der Waals surface area contributed by atoms with E-state index >= 15 is 0 Å². The van der Waals surface area contributed by atoms with Crippen LogP contribution in [0.1, 0.15) is 26.2 Å². The average Bonchev–Trinajstić information content (AvgIpc) is 2.58. The molecular weight excluding hydrogens is 214 g/mol. The molecule has 0 aromatic heterocycles. The Morgan fingerprint density at radius 2 is 2.00 bits per heavy atom. The van der Waals surface area contributed by atoms with Crippen LogP contribution in [0.4, 0.5) is 0 Å². The molecule has 1 aliphatic carbocycles. The lowest BCUT2D eigenvalue weighted by Gasteiger charge is -2.20. The molecule has 1 aliphatic heterocycles. The summed E-state index contributed by atoms with van der Waals surface area (Å²) in [6.07, 6.45) is 2.69. The Hall–Kier alpha value is -0.130. The van der Waals surface area contributed by atoms with Crippen LogP contribution < -0.4 is 5.32 Å². The second-order valence-electron chi connectivity index (χ2n) is 5.03. The Morgan fingerprint density at radius 3 is 2.47 bits per heavy atom. The SMILES string of the molecule is CC1CCC(NC2CS(=O)(=O)CC2O)C1. The van der Waals surface area contributed by atoms with Gasteiger partial charge in [-0.1, -0.05) is 6.92 Å². The van der Waals surface area contributed by atoms with Gasteiger partial charge in [-0.15, -0.1) is 0 Å². The van der Waals surface area contributed by atoms with E-state index in [1.54, 1.807) is 0 Å².